The van der Waals surface area contributed by atoms with Crippen LogP contribution in [0.5, 0.6) is 5.75 Å². The number of likely N-dealkylation sites (N-methyl/N-ethyl adjacent to an activating group) is 1. The smallest absolute Gasteiger partial charge is 0.269 e. The van der Waals surface area contributed by atoms with E-state index in [4.69, 9.17) is 4.74 Å². The number of carbonyl (C=O) groups excluding carboxylic acids is 1. The summed E-state index contributed by atoms with van der Waals surface area (Å²) in [6.07, 6.45) is 2.09. The lowest BCUT2D eigenvalue weighted by atomic mass is 9.79. The van der Waals surface area contributed by atoms with Crippen LogP contribution in [-0.2, 0) is 17.6 Å². The Kier molecular flexibility index (Phi) is 5.44. The fraction of sp³-hybridized carbons (Fsp3) is 0.381. The summed E-state index contributed by atoms with van der Waals surface area (Å²) in [5.41, 5.74) is 2.93. The van der Waals surface area contributed by atoms with Gasteiger partial charge in [-0.25, -0.2) is 0 Å². The summed E-state index contributed by atoms with van der Waals surface area (Å²) in [6.45, 7) is 2.10. The van der Waals surface area contributed by atoms with E-state index in [9.17, 15) is 14.9 Å². The zero-order valence-electron chi connectivity index (χ0n) is 15.8. The maximum absolute atomic E-state index is 12.9. The van der Waals surface area contributed by atoms with E-state index in [1.165, 1.54) is 0 Å². The van der Waals surface area contributed by atoms with Crippen molar-refractivity contribution in [3.63, 3.8) is 0 Å². The number of nitro groups is 1. The second-order valence-corrected chi connectivity index (χ2v) is 7.13. The molecule has 0 radical (unpaired) electrons. The van der Waals surface area contributed by atoms with E-state index in [2.05, 4.69) is 6.92 Å². The number of aryl methyl sites for hydroxylation is 1. The fourth-order valence-corrected chi connectivity index (χ4v) is 3.87. The van der Waals surface area contributed by atoms with E-state index in [1.54, 1.807) is 31.2 Å². The van der Waals surface area contributed by atoms with Crippen molar-refractivity contribution >= 4 is 11.6 Å². The number of nitrogens with zero attached hydrogens (tertiary/aromatic N) is 2. The number of hydrogen-bond donors (Lipinski definition) is 0. The average molecular weight is 368 g/mol. The van der Waals surface area contributed by atoms with Crippen LogP contribution in [0.4, 0.5) is 5.69 Å². The van der Waals surface area contributed by atoms with Crippen LogP contribution >= 0.6 is 0 Å². The summed E-state index contributed by atoms with van der Waals surface area (Å²) in [4.78, 5) is 25.5. The van der Waals surface area contributed by atoms with Crippen molar-refractivity contribution in [2.24, 2.45) is 5.92 Å². The van der Waals surface area contributed by atoms with Crippen LogP contribution in [-0.4, -0.2) is 29.9 Å². The molecule has 1 aliphatic carbocycles. The molecule has 2 aromatic carbocycles. The number of fused-ring (bicyclic) bond motifs is 1. The summed E-state index contributed by atoms with van der Waals surface area (Å²) in [6, 6.07) is 12.3. The minimum Gasteiger partial charge on any atom is -0.497 e. The van der Waals surface area contributed by atoms with Crippen LogP contribution in [0.25, 0.3) is 0 Å². The number of hydrogen-bond acceptors (Lipinski definition) is 4. The molecule has 0 spiro atoms. The van der Waals surface area contributed by atoms with Gasteiger partial charge in [-0.3, -0.25) is 14.9 Å². The second kappa shape index (κ2) is 7.78. The van der Waals surface area contributed by atoms with Gasteiger partial charge in [0.15, 0.2) is 0 Å². The highest BCUT2D eigenvalue weighted by molar-refractivity contribution is 5.79. The van der Waals surface area contributed by atoms with E-state index in [0.717, 1.165) is 35.3 Å². The van der Waals surface area contributed by atoms with Crippen LogP contribution in [0, 0.1) is 16.0 Å². The normalized spacial score (nSPS) is 18.5. The summed E-state index contributed by atoms with van der Waals surface area (Å²) in [5, 5.41) is 11.2. The molecule has 0 aromatic heterocycles. The van der Waals surface area contributed by atoms with Gasteiger partial charge in [0.25, 0.3) is 5.69 Å². The quantitative estimate of drug-likeness (QED) is 0.592. The Morgan fingerprint density at radius 2 is 2.07 bits per heavy atom. The van der Waals surface area contributed by atoms with Crippen molar-refractivity contribution in [1.82, 2.24) is 4.90 Å². The number of carbonyl (C=O) groups is 1. The molecule has 27 heavy (non-hydrogen) atoms. The van der Waals surface area contributed by atoms with Gasteiger partial charge in [0.2, 0.25) is 5.91 Å². The van der Waals surface area contributed by atoms with Crippen LogP contribution in [0.3, 0.4) is 0 Å². The monoisotopic (exact) mass is 368 g/mol. The maximum Gasteiger partial charge on any atom is 0.269 e. The van der Waals surface area contributed by atoms with Crippen molar-refractivity contribution in [2.45, 2.75) is 32.2 Å². The van der Waals surface area contributed by atoms with Gasteiger partial charge >= 0.3 is 0 Å². The molecule has 6 heteroatoms. The van der Waals surface area contributed by atoms with Crippen molar-refractivity contribution in [3.05, 3.63) is 69.3 Å². The number of benzene rings is 2. The number of amides is 1. The summed E-state index contributed by atoms with van der Waals surface area (Å²) >= 11 is 0. The summed E-state index contributed by atoms with van der Waals surface area (Å²) < 4.78 is 5.22. The highest BCUT2D eigenvalue weighted by atomic mass is 16.6. The van der Waals surface area contributed by atoms with E-state index < -0.39 is 0 Å². The first-order valence-electron chi connectivity index (χ1n) is 9.06. The number of rotatable bonds is 5. The summed E-state index contributed by atoms with van der Waals surface area (Å²) in [7, 11) is 3.39. The Morgan fingerprint density at radius 3 is 2.78 bits per heavy atom. The van der Waals surface area contributed by atoms with Crippen LogP contribution in [0.2, 0.25) is 0 Å². The molecular weight excluding hydrogens is 344 g/mol. The Bertz CT molecular complexity index is 865. The third-order valence-corrected chi connectivity index (χ3v) is 5.37. The van der Waals surface area contributed by atoms with Gasteiger partial charge in [-0.15, -0.1) is 0 Å². The molecule has 0 N–H and O–H groups in total. The van der Waals surface area contributed by atoms with Crippen molar-refractivity contribution < 1.29 is 14.5 Å². The van der Waals surface area contributed by atoms with Gasteiger partial charge < -0.3 is 9.64 Å². The number of non-ortho nitro benzene ring substituents is 1. The van der Waals surface area contributed by atoms with Gasteiger partial charge in [0.1, 0.15) is 5.75 Å². The fourth-order valence-electron chi connectivity index (χ4n) is 3.87. The molecule has 1 aliphatic rings. The Balaban J connectivity index is 1.87. The zero-order chi connectivity index (χ0) is 19.6. The van der Waals surface area contributed by atoms with Crippen LogP contribution < -0.4 is 4.74 Å². The van der Waals surface area contributed by atoms with Crippen molar-refractivity contribution in [2.75, 3.05) is 14.2 Å². The van der Waals surface area contributed by atoms with E-state index in [-0.39, 0.29) is 34.9 Å². The number of methoxy groups -OCH3 is 1. The third-order valence-electron chi connectivity index (χ3n) is 5.37. The standard InChI is InChI=1S/C21H24N2O4/c1-14-7-8-16-9-10-17(23(25)26)13-19(16)21(14)22(2)20(24)12-15-5-4-6-18(11-15)27-3/h4-6,9-11,13-14,21H,7-8,12H2,1-3H3/t14-,21?/m1/s1. The van der Waals surface area contributed by atoms with E-state index in [0.29, 0.717) is 0 Å². The molecule has 0 fully saturated rings. The lowest BCUT2D eigenvalue weighted by Gasteiger charge is -2.38. The maximum atomic E-state index is 12.9. The molecular formula is C21H24N2O4. The number of ether oxygens (including phenoxy) is 1. The van der Waals surface area contributed by atoms with E-state index >= 15 is 0 Å². The lowest BCUT2D eigenvalue weighted by molar-refractivity contribution is -0.385. The Labute approximate surface area is 158 Å². The average Bonchev–Trinajstić information content (AvgIpc) is 2.67. The zero-order valence-corrected chi connectivity index (χ0v) is 15.8. The first-order chi connectivity index (χ1) is 12.9. The molecule has 2 aromatic rings. The molecule has 3 rings (SSSR count). The Hall–Kier alpha value is -2.89. The van der Waals surface area contributed by atoms with Crippen molar-refractivity contribution in [1.29, 1.82) is 0 Å². The highest BCUT2D eigenvalue weighted by Gasteiger charge is 2.33. The number of nitro benzene ring substituents is 1. The van der Waals surface area contributed by atoms with Gasteiger partial charge in [0, 0.05) is 19.2 Å². The predicted octanol–water partition coefficient (Wildman–Crippen LogP) is 3.93. The SMILES string of the molecule is COc1cccc(CC(=O)N(C)C2c3cc([N+](=O)[O-])ccc3CC[C@H]2C)c1. The van der Waals surface area contributed by atoms with Crippen molar-refractivity contribution in [3.8, 4) is 5.75 Å². The minimum atomic E-state index is -0.380. The summed E-state index contributed by atoms with van der Waals surface area (Å²) in [5.74, 6) is 0.938. The highest BCUT2D eigenvalue weighted by Crippen LogP contribution is 2.39. The molecule has 0 saturated carbocycles. The van der Waals surface area contributed by atoms with Gasteiger partial charge in [-0.05, 0) is 47.6 Å². The first-order valence-corrected chi connectivity index (χ1v) is 9.06. The lowest BCUT2D eigenvalue weighted by Crippen LogP contribution is -2.38. The minimum absolute atomic E-state index is 0.0144. The molecule has 1 amide bonds. The molecule has 2 atom stereocenters. The molecule has 0 saturated heterocycles. The van der Waals surface area contributed by atoms with Gasteiger partial charge in [-0.2, -0.15) is 0 Å². The third kappa shape index (κ3) is 3.94. The van der Waals surface area contributed by atoms with Crippen LogP contribution in [0.15, 0.2) is 42.5 Å². The van der Waals surface area contributed by atoms with Crippen LogP contribution in [0.1, 0.15) is 36.1 Å². The second-order valence-electron chi connectivity index (χ2n) is 7.13. The molecule has 0 aliphatic heterocycles. The Morgan fingerprint density at radius 1 is 1.30 bits per heavy atom. The molecule has 6 nitrogen and oxygen atoms in total. The topological polar surface area (TPSA) is 72.7 Å². The molecule has 1 unspecified atom stereocenters. The molecule has 142 valence electrons. The first kappa shape index (κ1) is 18.9. The van der Waals surface area contributed by atoms with Gasteiger partial charge in [-0.1, -0.05) is 25.1 Å². The van der Waals surface area contributed by atoms with Gasteiger partial charge in [0.05, 0.1) is 24.5 Å². The predicted molar refractivity (Wildman–Crippen MR) is 103 cm³/mol. The largest absolute Gasteiger partial charge is 0.497 e. The molecule has 0 heterocycles. The molecule has 0 bridgehead atoms. The van der Waals surface area contributed by atoms with E-state index in [1.807, 2.05) is 30.3 Å².